The Hall–Kier alpha value is -0.610. The lowest BCUT2D eigenvalue weighted by atomic mass is 10.1. The van der Waals surface area contributed by atoms with Gasteiger partial charge in [0.1, 0.15) is 0 Å². The standard InChI is InChI=1S/C13H27NO3/c1-5-12(4)10-17-9-8-16-7-6-14-13(15)11(2)3/h11-12H,5-10H2,1-4H3,(H,14,15). The normalized spacial score (nSPS) is 12.8. The van der Waals surface area contributed by atoms with E-state index >= 15 is 0 Å². The molecule has 0 aromatic carbocycles. The molecule has 4 nitrogen and oxygen atoms in total. The van der Waals surface area contributed by atoms with Gasteiger partial charge in [0.2, 0.25) is 5.91 Å². The van der Waals surface area contributed by atoms with Crippen molar-refractivity contribution >= 4 is 5.91 Å². The van der Waals surface area contributed by atoms with E-state index in [0.717, 1.165) is 13.0 Å². The van der Waals surface area contributed by atoms with Gasteiger partial charge in [0.15, 0.2) is 0 Å². The number of carbonyl (C=O) groups is 1. The number of amides is 1. The van der Waals surface area contributed by atoms with Gasteiger partial charge in [0, 0.05) is 19.1 Å². The molecule has 0 saturated heterocycles. The molecule has 1 N–H and O–H groups in total. The Kier molecular flexibility index (Phi) is 10.2. The largest absolute Gasteiger partial charge is 0.379 e. The van der Waals surface area contributed by atoms with Gasteiger partial charge in [-0.2, -0.15) is 0 Å². The number of hydrogen-bond acceptors (Lipinski definition) is 3. The summed E-state index contributed by atoms with van der Waals surface area (Å²) in [5, 5.41) is 2.80. The molecule has 0 radical (unpaired) electrons. The van der Waals surface area contributed by atoms with Gasteiger partial charge >= 0.3 is 0 Å². The second-order valence-electron chi connectivity index (χ2n) is 4.65. The van der Waals surface area contributed by atoms with Crippen molar-refractivity contribution in [2.75, 3.05) is 33.0 Å². The van der Waals surface area contributed by atoms with E-state index in [-0.39, 0.29) is 11.8 Å². The molecule has 0 spiro atoms. The second kappa shape index (κ2) is 10.5. The highest BCUT2D eigenvalue weighted by Gasteiger charge is 2.04. The molecule has 0 heterocycles. The van der Waals surface area contributed by atoms with E-state index in [2.05, 4.69) is 19.2 Å². The molecular weight excluding hydrogens is 218 g/mol. The van der Waals surface area contributed by atoms with Crippen LogP contribution in [-0.2, 0) is 14.3 Å². The minimum Gasteiger partial charge on any atom is -0.379 e. The summed E-state index contributed by atoms with van der Waals surface area (Å²) in [4.78, 5) is 11.2. The Morgan fingerprint density at radius 2 is 1.76 bits per heavy atom. The molecule has 0 aromatic heterocycles. The summed E-state index contributed by atoms with van der Waals surface area (Å²) >= 11 is 0. The van der Waals surface area contributed by atoms with Crippen LogP contribution >= 0.6 is 0 Å². The first-order valence-corrected chi connectivity index (χ1v) is 6.51. The third-order valence-corrected chi connectivity index (χ3v) is 2.54. The molecule has 102 valence electrons. The van der Waals surface area contributed by atoms with Crippen molar-refractivity contribution in [3.63, 3.8) is 0 Å². The molecule has 1 unspecified atom stereocenters. The van der Waals surface area contributed by atoms with Crippen molar-refractivity contribution in [2.45, 2.75) is 34.1 Å². The smallest absolute Gasteiger partial charge is 0.222 e. The summed E-state index contributed by atoms with van der Waals surface area (Å²) < 4.78 is 10.8. The zero-order valence-electron chi connectivity index (χ0n) is 11.6. The Morgan fingerprint density at radius 1 is 1.12 bits per heavy atom. The first-order valence-electron chi connectivity index (χ1n) is 6.51. The fourth-order valence-corrected chi connectivity index (χ4v) is 1.07. The highest BCUT2D eigenvalue weighted by molar-refractivity contribution is 5.77. The molecule has 0 aliphatic carbocycles. The van der Waals surface area contributed by atoms with Crippen LogP contribution in [0.4, 0.5) is 0 Å². The van der Waals surface area contributed by atoms with Crippen LogP contribution in [0.2, 0.25) is 0 Å². The second-order valence-corrected chi connectivity index (χ2v) is 4.65. The SMILES string of the molecule is CCC(C)COCCOCCNC(=O)C(C)C. The topological polar surface area (TPSA) is 47.6 Å². The maximum absolute atomic E-state index is 11.2. The Labute approximate surface area is 105 Å². The van der Waals surface area contributed by atoms with Gasteiger partial charge < -0.3 is 14.8 Å². The van der Waals surface area contributed by atoms with Crippen LogP contribution in [0.25, 0.3) is 0 Å². The van der Waals surface area contributed by atoms with Gasteiger partial charge in [-0.15, -0.1) is 0 Å². The lowest BCUT2D eigenvalue weighted by Gasteiger charge is -2.10. The first-order chi connectivity index (χ1) is 8.07. The zero-order valence-corrected chi connectivity index (χ0v) is 11.6. The van der Waals surface area contributed by atoms with E-state index in [1.165, 1.54) is 0 Å². The zero-order chi connectivity index (χ0) is 13.1. The van der Waals surface area contributed by atoms with Gasteiger partial charge in [0.25, 0.3) is 0 Å². The average molecular weight is 245 g/mol. The molecule has 1 amide bonds. The average Bonchev–Trinajstić information content (AvgIpc) is 2.31. The summed E-state index contributed by atoms with van der Waals surface area (Å²) in [6.07, 6.45) is 1.14. The Bertz CT molecular complexity index is 195. The van der Waals surface area contributed by atoms with Crippen LogP contribution in [0, 0.1) is 11.8 Å². The number of hydrogen-bond donors (Lipinski definition) is 1. The third-order valence-electron chi connectivity index (χ3n) is 2.54. The van der Waals surface area contributed by atoms with Crippen molar-refractivity contribution in [1.29, 1.82) is 0 Å². The summed E-state index contributed by atoms with van der Waals surface area (Å²) in [5.41, 5.74) is 0. The fraction of sp³-hybridized carbons (Fsp3) is 0.923. The molecule has 0 bridgehead atoms. The monoisotopic (exact) mass is 245 g/mol. The predicted molar refractivity (Wildman–Crippen MR) is 68.9 cm³/mol. The summed E-state index contributed by atoms with van der Waals surface area (Å²) in [5.74, 6) is 0.718. The Balaban J connectivity index is 3.16. The number of carbonyl (C=O) groups excluding carboxylic acids is 1. The molecule has 0 fully saturated rings. The molecule has 17 heavy (non-hydrogen) atoms. The van der Waals surface area contributed by atoms with Crippen LogP contribution < -0.4 is 5.32 Å². The predicted octanol–water partition coefficient (Wildman–Crippen LogP) is 1.84. The lowest BCUT2D eigenvalue weighted by molar-refractivity contribution is -0.124. The highest BCUT2D eigenvalue weighted by Crippen LogP contribution is 1.99. The number of ether oxygens (including phenoxy) is 2. The van der Waals surface area contributed by atoms with Crippen LogP contribution in [0.15, 0.2) is 0 Å². The molecular formula is C13H27NO3. The third kappa shape index (κ3) is 10.3. The Morgan fingerprint density at radius 3 is 2.35 bits per heavy atom. The molecule has 0 aliphatic rings. The van der Waals surface area contributed by atoms with Crippen LogP contribution in [0.5, 0.6) is 0 Å². The van der Waals surface area contributed by atoms with Gasteiger partial charge in [-0.1, -0.05) is 34.1 Å². The first kappa shape index (κ1) is 16.4. The molecule has 4 heteroatoms. The van der Waals surface area contributed by atoms with Crippen molar-refractivity contribution in [3.05, 3.63) is 0 Å². The molecule has 0 aliphatic heterocycles. The lowest BCUT2D eigenvalue weighted by Crippen LogP contribution is -2.31. The van der Waals surface area contributed by atoms with Gasteiger partial charge in [-0.25, -0.2) is 0 Å². The highest BCUT2D eigenvalue weighted by atomic mass is 16.5. The van der Waals surface area contributed by atoms with Gasteiger partial charge in [-0.3, -0.25) is 4.79 Å². The minimum absolute atomic E-state index is 0.0360. The van der Waals surface area contributed by atoms with E-state index in [1.54, 1.807) is 0 Å². The van der Waals surface area contributed by atoms with E-state index < -0.39 is 0 Å². The van der Waals surface area contributed by atoms with Crippen molar-refractivity contribution in [3.8, 4) is 0 Å². The maximum atomic E-state index is 11.2. The number of nitrogens with one attached hydrogen (secondary N) is 1. The van der Waals surface area contributed by atoms with Crippen molar-refractivity contribution < 1.29 is 14.3 Å². The molecule has 0 saturated carbocycles. The minimum atomic E-state index is 0.0360. The molecule has 1 atom stereocenters. The maximum Gasteiger partial charge on any atom is 0.222 e. The summed E-state index contributed by atoms with van der Waals surface area (Å²) in [6, 6.07) is 0. The van der Waals surface area contributed by atoms with Gasteiger partial charge in [-0.05, 0) is 5.92 Å². The van der Waals surface area contributed by atoms with Crippen LogP contribution in [0.3, 0.4) is 0 Å². The van der Waals surface area contributed by atoms with Crippen molar-refractivity contribution in [1.82, 2.24) is 5.32 Å². The quantitative estimate of drug-likeness (QED) is 0.597. The van der Waals surface area contributed by atoms with E-state index in [9.17, 15) is 4.79 Å². The van der Waals surface area contributed by atoms with E-state index in [4.69, 9.17) is 9.47 Å². The van der Waals surface area contributed by atoms with Crippen molar-refractivity contribution in [2.24, 2.45) is 11.8 Å². The van der Waals surface area contributed by atoms with Crippen LogP contribution in [-0.4, -0.2) is 38.9 Å². The van der Waals surface area contributed by atoms with E-state index in [0.29, 0.717) is 32.3 Å². The number of rotatable bonds is 10. The molecule has 0 aromatic rings. The van der Waals surface area contributed by atoms with Gasteiger partial charge in [0.05, 0.1) is 19.8 Å². The summed E-state index contributed by atoms with van der Waals surface area (Å²) in [7, 11) is 0. The molecule has 0 rings (SSSR count). The fourth-order valence-electron chi connectivity index (χ4n) is 1.07. The summed E-state index contributed by atoms with van der Waals surface area (Å²) in [6.45, 7) is 11.2. The van der Waals surface area contributed by atoms with Crippen LogP contribution in [0.1, 0.15) is 34.1 Å². The van der Waals surface area contributed by atoms with E-state index in [1.807, 2.05) is 13.8 Å².